The second-order valence-electron chi connectivity index (χ2n) is 7.19. The fraction of sp³-hybridized carbons (Fsp3) is 0.812. The van der Waals surface area contributed by atoms with Crippen molar-refractivity contribution in [3.63, 3.8) is 0 Å². The Kier molecular flexibility index (Phi) is 3.80. The van der Waals surface area contributed by atoms with Crippen LogP contribution in [0.15, 0.2) is 0 Å². The average molecular weight is 263 g/mol. The minimum atomic E-state index is -0.399. The maximum absolute atomic E-state index is 11.9. The standard InChI is InChI=1S/C16H25NO2/c1-5-6-13-7-9-16(10-8-13)11-17(12-16)14(18)19-15(2,3)4/h1,13H,6-12H2,2-4H3. The van der Waals surface area contributed by atoms with Crippen LogP contribution in [0.2, 0.25) is 0 Å². The van der Waals surface area contributed by atoms with E-state index >= 15 is 0 Å². The van der Waals surface area contributed by atoms with E-state index in [4.69, 9.17) is 11.2 Å². The quantitative estimate of drug-likeness (QED) is 0.678. The first-order chi connectivity index (χ1) is 8.84. The van der Waals surface area contributed by atoms with Crippen LogP contribution >= 0.6 is 0 Å². The van der Waals surface area contributed by atoms with Crippen molar-refractivity contribution in [3.05, 3.63) is 0 Å². The highest BCUT2D eigenvalue weighted by Crippen LogP contribution is 2.46. The highest BCUT2D eigenvalue weighted by atomic mass is 16.6. The molecule has 0 aromatic heterocycles. The third-order valence-electron chi connectivity index (χ3n) is 4.28. The monoisotopic (exact) mass is 263 g/mol. The van der Waals surface area contributed by atoms with Gasteiger partial charge in [0.25, 0.3) is 0 Å². The number of amides is 1. The summed E-state index contributed by atoms with van der Waals surface area (Å²) in [6, 6.07) is 0. The Balaban J connectivity index is 1.77. The Morgan fingerprint density at radius 3 is 2.42 bits per heavy atom. The topological polar surface area (TPSA) is 29.5 Å². The van der Waals surface area contributed by atoms with Gasteiger partial charge in [-0.25, -0.2) is 4.79 Å². The lowest BCUT2D eigenvalue weighted by atomic mass is 9.65. The summed E-state index contributed by atoms with van der Waals surface area (Å²) in [5.74, 6) is 3.47. The van der Waals surface area contributed by atoms with Gasteiger partial charge in [0.1, 0.15) is 5.60 Å². The van der Waals surface area contributed by atoms with Gasteiger partial charge in [-0.05, 0) is 52.4 Å². The fourth-order valence-corrected chi connectivity index (χ4v) is 3.20. The molecule has 19 heavy (non-hydrogen) atoms. The van der Waals surface area contributed by atoms with Gasteiger partial charge in [-0.15, -0.1) is 12.3 Å². The number of rotatable bonds is 1. The van der Waals surface area contributed by atoms with E-state index < -0.39 is 5.60 Å². The molecule has 1 aliphatic carbocycles. The van der Waals surface area contributed by atoms with Crippen LogP contribution in [0.3, 0.4) is 0 Å². The smallest absolute Gasteiger partial charge is 0.410 e. The van der Waals surface area contributed by atoms with Crippen molar-refractivity contribution in [2.24, 2.45) is 11.3 Å². The lowest BCUT2D eigenvalue weighted by Gasteiger charge is -2.53. The number of carbonyl (C=O) groups excluding carboxylic acids is 1. The van der Waals surface area contributed by atoms with Crippen LogP contribution in [0, 0.1) is 23.7 Å². The van der Waals surface area contributed by atoms with Crippen LogP contribution in [0.4, 0.5) is 4.79 Å². The van der Waals surface area contributed by atoms with Crippen molar-refractivity contribution in [1.82, 2.24) is 4.90 Å². The molecule has 0 N–H and O–H groups in total. The van der Waals surface area contributed by atoms with E-state index in [0.717, 1.165) is 19.5 Å². The zero-order chi connectivity index (χ0) is 14.1. The van der Waals surface area contributed by atoms with E-state index in [1.807, 2.05) is 25.7 Å². The van der Waals surface area contributed by atoms with Gasteiger partial charge in [-0.1, -0.05) is 0 Å². The molecule has 0 bridgehead atoms. The zero-order valence-electron chi connectivity index (χ0n) is 12.4. The van der Waals surface area contributed by atoms with Gasteiger partial charge in [0.05, 0.1) is 0 Å². The van der Waals surface area contributed by atoms with Crippen molar-refractivity contribution in [2.45, 2.75) is 58.5 Å². The molecule has 3 heteroatoms. The molecular weight excluding hydrogens is 238 g/mol. The highest BCUT2D eigenvalue weighted by molar-refractivity contribution is 5.69. The SMILES string of the molecule is C#CCC1CCC2(CC1)CN(C(=O)OC(C)(C)C)C2. The summed E-state index contributed by atoms with van der Waals surface area (Å²) >= 11 is 0. The zero-order valence-corrected chi connectivity index (χ0v) is 12.4. The minimum Gasteiger partial charge on any atom is -0.444 e. The third-order valence-corrected chi connectivity index (χ3v) is 4.28. The lowest BCUT2D eigenvalue weighted by molar-refractivity contribution is -0.0540. The van der Waals surface area contributed by atoms with Gasteiger partial charge >= 0.3 is 6.09 Å². The predicted molar refractivity (Wildman–Crippen MR) is 75.6 cm³/mol. The van der Waals surface area contributed by atoms with Crippen LogP contribution in [-0.2, 0) is 4.74 Å². The summed E-state index contributed by atoms with van der Waals surface area (Å²) in [5, 5.41) is 0. The minimum absolute atomic E-state index is 0.163. The molecule has 1 saturated heterocycles. The van der Waals surface area contributed by atoms with E-state index in [1.54, 1.807) is 0 Å². The molecular formula is C16H25NO2. The van der Waals surface area contributed by atoms with Gasteiger partial charge in [-0.3, -0.25) is 0 Å². The second kappa shape index (κ2) is 5.07. The molecule has 0 radical (unpaired) electrons. The molecule has 2 aliphatic rings. The summed E-state index contributed by atoms with van der Waals surface area (Å²) in [5.41, 5.74) is -0.0354. The van der Waals surface area contributed by atoms with Gasteiger partial charge in [-0.2, -0.15) is 0 Å². The molecule has 1 amide bonds. The number of nitrogens with zero attached hydrogens (tertiary/aromatic N) is 1. The first-order valence-corrected chi connectivity index (χ1v) is 7.25. The molecule has 0 aromatic rings. The van der Waals surface area contributed by atoms with Crippen LogP contribution in [0.25, 0.3) is 0 Å². The molecule has 1 aliphatic heterocycles. The molecule has 1 spiro atoms. The first-order valence-electron chi connectivity index (χ1n) is 7.25. The van der Waals surface area contributed by atoms with E-state index in [0.29, 0.717) is 11.3 Å². The molecule has 2 rings (SSSR count). The Bertz CT molecular complexity index is 373. The Labute approximate surface area is 116 Å². The van der Waals surface area contributed by atoms with Crippen LogP contribution in [0.1, 0.15) is 52.9 Å². The Hall–Kier alpha value is -1.17. The van der Waals surface area contributed by atoms with Gasteiger partial charge in [0, 0.05) is 24.9 Å². The molecule has 3 nitrogen and oxygen atoms in total. The number of ether oxygens (including phenoxy) is 1. The van der Waals surface area contributed by atoms with Gasteiger partial charge < -0.3 is 9.64 Å². The maximum atomic E-state index is 11.9. The number of terminal acetylenes is 1. The second-order valence-corrected chi connectivity index (χ2v) is 7.19. The molecule has 0 atom stereocenters. The molecule has 106 valence electrons. The van der Waals surface area contributed by atoms with E-state index in [1.165, 1.54) is 25.7 Å². The number of carbonyl (C=O) groups is 1. The van der Waals surface area contributed by atoms with Crippen LogP contribution in [-0.4, -0.2) is 29.7 Å². The fourth-order valence-electron chi connectivity index (χ4n) is 3.20. The largest absolute Gasteiger partial charge is 0.444 e. The summed E-state index contributed by atoms with van der Waals surface area (Å²) in [6.45, 7) is 7.46. The van der Waals surface area contributed by atoms with Crippen molar-refractivity contribution >= 4 is 6.09 Å². The van der Waals surface area contributed by atoms with Gasteiger partial charge in [0.2, 0.25) is 0 Å². The van der Waals surface area contributed by atoms with Crippen molar-refractivity contribution < 1.29 is 9.53 Å². The Morgan fingerprint density at radius 1 is 1.37 bits per heavy atom. The molecule has 1 heterocycles. The van der Waals surface area contributed by atoms with E-state index in [9.17, 15) is 4.79 Å². The van der Waals surface area contributed by atoms with Crippen molar-refractivity contribution in [3.8, 4) is 12.3 Å². The normalized spacial score (nSPS) is 22.7. The summed E-state index contributed by atoms with van der Waals surface area (Å²) in [6.07, 6.45) is 11.0. The molecule has 0 aromatic carbocycles. The van der Waals surface area contributed by atoms with Gasteiger partial charge in [0.15, 0.2) is 0 Å². The average Bonchev–Trinajstić information content (AvgIpc) is 2.25. The van der Waals surface area contributed by atoms with Crippen LogP contribution < -0.4 is 0 Å². The van der Waals surface area contributed by atoms with Crippen molar-refractivity contribution in [1.29, 1.82) is 0 Å². The summed E-state index contributed by atoms with van der Waals surface area (Å²) in [7, 11) is 0. The van der Waals surface area contributed by atoms with Crippen LogP contribution in [0.5, 0.6) is 0 Å². The third kappa shape index (κ3) is 3.43. The predicted octanol–water partition coefficient (Wildman–Crippen LogP) is 3.44. The van der Waals surface area contributed by atoms with Crippen molar-refractivity contribution in [2.75, 3.05) is 13.1 Å². The Morgan fingerprint density at radius 2 is 1.95 bits per heavy atom. The number of hydrogen-bond acceptors (Lipinski definition) is 2. The molecule has 1 saturated carbocycles. The van der Waals surface area contributed by atoms with E-state index in [2.05, 4.69) is 5.92 Å². The maximum Gasteiger partial charge on any atom is 0.410 e. The molecule has 2 fully saturated rings. The van der Waals surface area contributed by atoms with E-state index in [-0.39, 0.29) is 6.09 Å². The summed E-state index contributed by atoms with van der Waals surface area (Å²) in [4.78, 5) is 13.8. The lowest BCUT2D eigenvalue weighted by Crippen LogP contribution is -2.60. The highest BCUT2D eigenvalue weighted by Gasteiger charge is 2.47. The summed E-state index contributed by atoms with van der Waals surface area (Å²) < 4.78 is 5.40. The number of likely N-dealkylation sites (tertiary alicyclic amines) is 1. The molecule has 0 unspecified atom stereocenters. The first kappa shape index (κ1) is 14.2. The number of hydrogen-bond donors (Lipinski definition) is 0.